The third kappa shape index (κ3) is 4.35. The second-order valence-corrected chi connectivity index (χ2v) is 7.28. The Bertz CT molecular complexity index is 1210. The van der Waals surface area contributed by atoms with Crippen molar-refractivity contribution in [2.24, 2.45) is 0 Å². The normalized spacial score (nSPS) is 10.6. The molecule has 2 aromatic carbocycles. The number of hydrogen-bond acceptors (Lipinski definition) is 4. The van der Waals surface area contributed by atoms with Crippen LogP contribution in [0.2, 0.25) is 0 Å². The van der Waals surface area contributed by atoms with Crippen LogP contribution < -0.4 is 10.1 Å². The van der Waals surface area contributed by atoms with Crippen LogP contribution in [0.5, 0.6) is 5.75 Å². The summed E-state index contributed by atoms with van der Waals surface area (Å²) >= 11 is 5.67. The van der Waals surface area contributed by atoms with E-state index in [1.165, 1.54) is 19.2 Å². The average Bonchev–Trinajstić information content (AvgIpc) is 2.74. The van der Waals surface area contributed by atoms with Crippen LogP contribution in [0, 0.1) is 18.2 Å². The number of benzene rings is 2. The van der Waals surface area contributed by atoms with E-state index < -0.39 is 16.9 Å². The van der Waals surface area contributed by atoms with Gasteiger partial charge in [-0.2, -0.15) is 0 Å². The maximum Gasteiger partial charge on any atom is 0.256 e. The molecule has 0 amide bonds. The molecule has 0 aliphatic heterocycles. The second-order valence-electron chi connectivity index (χ2n) is 6.94. The van der Waals surface area contributed by atoms with Crippen molar-refractivity contribution in [3.8, 4) is 17.0 Å². The standard InChI is InChI=1S/C23H18ClF2N3O2/c1-12(2)13-7-5-9-17(27-3)20(13)28-23-14(22(24)30)11-16(26)21(29-23)19-15(25)8-6-10-18(19)31-4/h5-12H,1-2,4H3,(H,28,29). The van der Waals surface area contributed by atoms with Crippen LogP contribution in [-0.4, -0.2) is 17.3 Å². The number of nitrogens with one attached hydrogen (secondary N) is 1. The molecule has 0 saturated heterocycles. The highest BCUT2D eigenvalue weighted by atomic mass is 35.5. The molecule has 0 fully saturated rings. The zero-order valence-electron chi connectivity index (χ0n) is 17.0. The van der Waals surface area contributed by atoms with Gasteiger partial charge in [0, 0.05) is 5.69 Å². The molecule has 5 nitrogen and oxygen atoms in total. The number of hydrogen-bond donors (Lipinski definition) is 1. The van der Waals surface area contributed by atoms with E-state index in [1.54, 1.807) is 12.1 Å². The summed E-state index contributed by atoms with van der Waals surface area (Å²) in [4.78, 5) is 19.7. The van der Waals surface area contributed by atoms with E-state index in [0.29, 0.717) is 5.69 Å². The first kappa shape index (κ1) is 22.2. The van der Waals surface area contributed by atoms with Crippen LogP contribution >= 0.6 is 11.6 Å². The van der Waals surface area contributed by atoms with E-state index in [-0.39, 0.29) is 40.0 Å². The second kappa shape index (κ2) is 9.11. The van der Waals surface area contributed by atoms with Crippen molar-refractivity contribution in [2.75, 3.05) is 12.4 Å². The van der Waals surface area contributed by atoms with Crippen molar-refractivity contribution in [3.63, 3.8) is 0 Å². The van der Waals surface area contributed by atoms with E-state index in [1.807, 2.05) is 19.9 Å². The van der Waals surface area contributed by atoms with Crippen molar-refractivity contribution in [1.29, 1.82) is 0 Å². The van der Waals surface area contributed by atoms with Gasteiger partial charge in [0.15, 0.2) is 5.82 Å². The molecule has 0 bridgehead atoms. The number of rotatable bonds is 6. The van der Waals surface area contributed by atoms with Crippen LogP contribution in [0.1, 0.15) is 35.7 Å². The molecule has 3 aromatic rings. The highest BCUT2D eigenvalue weighted by Crippen LogP contribution is 2.39. The summed E-state index contributed by atoms with van der Waals surface area (Å²) in [7, 11) is 1.33. The largest absolute Gasteiger partial charge is 0.496 e. The molecule has 1 aromatic heterocycles. The lowest BCUT2D eigenvalue weighted by atomic mass is 10.00. The van der Waals surface area contributed by atoms with Gasteiger partial charge < -0.3 is 10.1 Å². The maximum atomic E-state index is 14.9. The summed E-state index contributed by atoms with van der Waals surface area (Å²) in [6.07, 6.45) is 0. The first-order valence-corrected chi connectivity index (χ1v) is 9.66. The minimum Gasteiger partial charge on any atom is -0.496 e. The quantitative estimate of drug-likeness (QED) is 0.336. The zero-order chi connectivity index (χ0) is 22.7. The predicted molar refractivity (Wildman–Crippen MR) is 116 cm³/mol. The Morgan fingerprint density at radius 1 is 1.19 bits per heavy atom. The van der Waals surface area contributed by atoms with Crippen LogP contribution in [0.4, 0.5) is 26.0 Å². The fraction of sp³-hybridized carbons (Fsp3) is 0.174. The molecule has 8 heteroatoms. The van der Waals surface area contributed by atoms with Gasteiger partial charge in [-0.05, 0) is 41.3 Å². The Kier molecular flexibility index (Phi) is 6.52. The summed E-state index contributed by atoms with van der Waals surface area (Å²) < 4.78 is 34.6. The smallest absolute Gasteiger partial charge is 0.256 e. The van der Waals surface area contributed by atoms with Crippen molar-refractivity contribution in [2.45, 2.75) is 19.8 Å². The Labute approximate surface area is 183 Å². The molecule has 0 atom stereocenters. The Hall–Kier alpha value is -3.50. The molecule has 0 aliphatic carbocycles. The number of pyridine rings is 1. The fourth-order valence-corrected chi connectivity index (χ4v) is 3.34. The molecule has 0 radical (unpaired) electrons. The minimum atomic E-state index is -0.952. The monoisotopic (exact) mass is 441 g/mol. The van der Waals surface area contributed by atoms with Gasteiger partial charge in [0.05, 0.1) is 24.8 Å². The molecule has 31 heavy (non-hydrogen) atoms. The van der Waals surface area contributed by atoms with Gasteiger partial charge in [-0.3, -0.25) is 4.79 Å². The topological polar surface area (TPSA) is 55.6 Å². The third-order valence-electron chi connectivity index (χ3n) is 4.68. The summed E-state index contributed by atoms with van der Waals surface area (Å²) in [5, 5.41) is 2.01. The Morgan fingerprint density at radius 2 is 1.90 bits per heavy atom. The molecular formula is C23H18ClF2N3O2. The molecule has 1 heterocycles. The van der Waals surface area contributed by atoms with Crippen molar-refractivity contribution < 1.29 is 18.3 Å². The van der Waals surface area contributed by atoms with Gasteiger partial charge in [-0.25, -0.2) is 18.6 Å². The number of ether oxygens (including phenoxy) is 1. The van der Waals surface area contributed by atoms with E-state index in [4.69, 9.17) is 22.9 Å². The number of anilines is 2. The number of nitrogens with zero attached hydrogens (tertiary/aromatic N) is 2. The van der Waals surface area contributed by atoms with Gasteiger partial charge in [-0.1, -0.05) is 38.1 Å². The molecular weight excluding hydrogens is 424 g/mol. The Balaban J connectivity index is 2.27. The lowest BCUT2D eigenvalue weighted by Crippen LogP contribution is -2.08. The molecule has 158 valence electrons. The lowest BCUT2D eigenvalue weighted by Gasteiger charge is -2.18. The summed E-state index contributed by atoms with van der Waals surface area (Å²) in [6.45, 7) is 11.3. The molecule has 0 spiro atoms. The highest BCUT2D eigenvalue weighted by Gasteiger charge is 2.23. The molecule has 1 N–H and O–H groups in total. The van der Waals surface area contributed by atoms with E-state index in [0.717, 1.165) is 17.7 Å². The molecule has 0 unspecified atom stereocenters. The van der Waals surface area contributed by atoms with Gasteiger partial charge >= 0.3 is 0 Å². The van der Waals surface area contributed by atoms with Crippen LogP contribution in [0.15, 0.2) is 42.5 Å². The Morgan fingerprint density at radius 3 is 2.52 bits per heavy atom. The first-order valence-electron chi connectivity index (χ1n) is 9.29. The third-order valence-corrected chi connectivity index (χ3v) is 4.88. The molecule has 3 rings (SSSR count). The van der Waals surface area contributed by atoms with E-state index in [2.05, 4.69) is 15.1 Å². The fourth-order valence-electron chi connectivity index (χ4n) is 3.20. The lowest BCUT2D eigenvalue weighted by molar-refractivity contribution is 0.108. The summed E-state index contributed by atoms with van der Waals surface area (Å²) in [6, 6.07) is 10.1. The van der Waals surface area contributed by atoms with Gasteiger partial charge in [-0.15, -0.1) is 0 Å². The SMILES string of the molecule is [C-]#[N+]c1cccc(C(C)C)c1Nc1nc(-c2c(F)cccc2OC)c(F)cc1C(=O)Cl. The average molecular weight is 442 g/mol. The van der Waals surface area contributed by atoms with Gasteiger partial charge in [0.2, 0.25) is 5.69 Å². The minimum absolute atomic E-state index is 0.0333. The zero-order valence-corrected chi connectivity index (χ0v) is 17.7. The van der Waals surface area contributed by atoms with Gasteiger partial charge in [0.1, 0.15) is 23.1 Å². The number of methoxy groups -OCH3 is 1. The van der Waals surface area contributed by atoms with Crippen molar-refractivity contribution >= 4 is 34.0 Å². The van der Waals surface area contributed by atoms with Crippen molar-refractivity contribution in [3.05, 3.63) is 76.6 Å². The first-order chi connectivity index (χ1) is 14.8. The van der Waals surface area contributed by atoms with E-state index in [9.17, 15) is 13.6 Å². The number of para-hydroxylation sites is 1. The maximum absolute atomic E-state index is 14.9. The van der Waals surface area contributed by atoms with Crippen LogP contribution in [0.25, 0.3) is 16.1 Å². The summed E-state index contributed by atoms with van der Waals surface area (Å²) in [5.74, 6) is -1.68. The van der Waals surface area contributed by atoms with Crippen molar-refractivity contribution in [1.82, 2.24) is 4.98 Å². The van der Waals surface area contributed by atoms with Crippen LogP contribution in [0.3, 0.4) is 0 Å². The number of carbonyl (C=O) groups is 1. The summed E-state index contributed by atoms with van der Waals surface area (Å²) in [5.41, 5.74) is 0.699. The number of carbonyl (C=O) groups excluding carboxylic acids is 1. The molecule has 0 saturated carbocycles. The highest BCUT2D eigenvalue weighted by molar-refractivity contribution is 6.68. The number of halogens is 3. The van der Waals surface area contributed by atoms with E-state index >= 15 is 0 Å². The van der Waals surface area contributed by atoms with Gasteiger partial charge in [0.25, 0.3) is 5.24 Å². The van der Waals surface area contributed by atoms with Crippen LogP contribution in [-0.2, 0) is 0 Å². The number of aromatic nitrogens is 1. The molecule has 0 aliphatic rings. The predicted octanol–water partition coefficient (Wildman–Crippen LogP) is 6.83.